The number of nitrogens with one attached hydrogen (secondary N) is 1. The van der Waals surface area contributed by atoms with E-state index in [0.717, 1.165) is 24.2 Å². The Labute approximate surface area is 112 Å². The van der Waals surface area contributed by atoms with Gasteiger partial charge in [0.05, 0.1) is 6.61 Å². The first-order chi connectivity index (χ1) is 8.53. The molecule has 1 aliphatic rings. The van der Waals surface area contributed by atoms with E-state index < -0.39 is 10.0 Å². The summed E-state index contributed by atoms with van der Waals surface area (Å²) in [5, 5.41) is 10.6. The van der Waals surface area contributed by atoms with Gasteiger partial charge in [0.15, 0.2) is 0 Å². The molecule has 0 aliphatic heterocycles. The van der Waals surface area contributed by atoms with Crippen LogP contribution in [0.1, 0.15) is 38.2 Å². The second kappa shape index (κ2) is 5.69. The number of sulfonamides is 1. The molecule has 2 N–H and O–H groups in total. The van der Waals surface area contributed by atoms with E-state index in [2.05, 4.69) is 4.72 Å². The molecule has 0 spiro atoms. The van der Waals surface area contributed by atoms with Crippen molar-refractivity contribution in [1.82, 2.24) is 4.72 Å². The summed E-state index contributed by atoms with van der Waals surface area (Å²) in [6, 6.07) is 1.52. The van der Waals surface area contributed by atoms with Crippen LogP contribution in [0.25, 0.3) is 0 Å². The molecule has 2 rings (SSSR count). The molecule has 18 heavy (non-hydrogen) atoms. The maximum absolute atomic E-state index is 12.1. The monoisotopic (exact) mass is 289 g/mol. The highest BCUT2D eigenvalue weighted by atomic mass is 32.2. The van der Waals surface area contributed by atoms with Gasteiger partial charge in [0, 0.05) is 6.04 Å². The van der Waals surface area contributed by atoms with Crippen LogP contribution in [0.4, 0.5) is 0 Å². The minimum atomic E-state index is -3.43. The average molecular weight is 289 g/mol. The van der Waals surface area contributed by atoms with E-state index in [4.69, 9.17) is 5.11 Å². The smallest absolute Gasteiger partial charge is 0.250 e. The lowest BCUT2D eigenvalue weighted by Gasteiger charge is -2.19. The molecule has 1 unspecified atom stereocenters. The Morgan fingerprint density at radius 2 is 2.17 bits per heavy atom. The van der Waals surface area contributed by atoms with Crippen molar-refractivity contribution in [2.24, 2.45) is 5.92 Å². The molecule has 1 saturated carbocycles. The van der Waals surface area contributed by atoms with E-state index in [1.54, 1.807) is 5.38 Å². The van der Waals surface area contributed by atoms with Crippen molar-refractivity contribution in [2.45, 2.75) is 49.5 Å². The quantitative estimate of drug-likeness (QED) is 0.872. The van der Waals surface area contributed by atoms with Crippen LogP contribution in [0.15, 0.2) is 15.7 Å². The summed E-state index contributed by atoms with van der Waals surface area (Å²) in [5.41, 5.74) is 0.647. The van der Waals surface area contributed by atoms with Crippen molar-refractivity contribution < 1.29 is 13.5 Å². The first kappa shape index (κ1) is 14.0. The Morgan fingerprint density at radius 1 is 1.50 bits per heavy atom. The number of aliphatic hydroxyl groups excluding tert-OH is 1. The minimum Gasteiger partial charge on any atom is -0.392 e. The number of aliphatic hydroxyl groups is 1. The molecule has 1 aliphatic carbocycles. The summed E-state index contributed by atoms with van der Waals surface area (Å²) in [4.78, 5) is 0. The maximum Gasteiger partial charge on any atom is 0.250 e. The molecule has 4 nitrogen and oxygen atoms in total. The molecule has 1 aromatic rings. The van der Waals surface area contributed by atoms with Gasteiger partial charge in [0.1, 0.15) is 4.21 Å². The summed E-state index contributed by atoms with van der Waals surface area (Å²) in [6.07, 6.45) is 4.61. The van der Waals surface area contributed by atoms with Crippen molar-refractivity contribution >= 4 is 21.4 Å². The van der Waals surface area contributed by atoms with Crippen LogP contribution < -0.4 is 4.72 Å². The normalized spacial score (nSPS) is 19.2. The van der Waals surface area contributed by atoms with Gasteiger partial charge >= 0.3 is 0 Å². The Balaban J connectivity index is 2.06. The van der Waals surface area contributed by atoms with Gasteiger partial charge in [-0.3, -0.25) is 0 Å². The molecule has 102 valence electrons. The fraction of sp³-hybridized carbons (Fsp3) is 0.667. The van der Waals surface area contributed by atoms with E-state index >= 15 is 0 Å². The van der Waals surface area contributed by atoms with Crippen molar-refractivity contribution in [3.05, 3.63) is 17.0 Å². The van der Waals surface area contributed by atoms with E-state index in [-0.39, 0.29) is 16.9 Å². The summed E-state index contributed by atoms with van der Waals surface area (Å²) in [5.74, 6) is 0.456. The summed E-state index contributed by atoms with van der Waals surface area (Å²) >= 11 is 1.16. The Hall–Kier alpha value is -0.430. The first-order valence-electron chi connectivity index (χ1n) is 6.23. The average Bonchev–Trinajstić information content (AvgIpc) is 3.00. The van der Waals surface area contributed by atoms with Crippen LogP contribution in [-0.4, -0.2) is 19.6 Å². The molecular weight excluding hydrogens is 270 g/mol. The number of rotatable bonds is 5. The van der Waals surface area contributed by atoms with Crippen molar-refractivity contribution in [1.29, 1.82) is 0 Å². The number of thiophene rings is 1. The predicted molar refractivity (Wildman–Crippen MR) is 72.0 cm³/mol. The highest BCUT2D eigenvalue weighted by Crippen LogP contribution is 2.29. The molecule has 1 fully saturated rings. The third-order valence-electron chi connectivity index (χ3n) is 3.53. The third kappa shape index (κ3) is 3.12. The fourth-order valence-corrected chi connectivity index (χ4v) is 4.96. The van der Waals surface area contributed by atoms with Gasteiger partial charge in [0.25, 0.3) is 0 Å². The molecule has 1 aromatic heterocycles. The predicted octanol–water partition coefficient (Wildman–Crippen LogP) is 2.10. The molecule has 0 radical (unpaired) electrons. The number of hydrogen-bond donors (Lipinski definition) is 2. The zero-order valence-electron chi connectivity index (χ0n) is 10.4. The molecule has 0 aromatic carbocycles. The van der Waals surface area contributed by atoms with Crippen LogP contribution in [0.3, 0.4) is 0 Å². The largest absolute Gasteiger partial charge is 0.392 e. The van der Waals surface area contributed by atoms with E-state index in [1.165, 1.54) is 18.9 Å². The molecule has 0 amide bonds. The van der Waals surface area contributed by atoms with Gasteiger partial charge in [-0.2, -0.15) is 0 Å². The Morgan fingerprint density at radius 3 is 2.72 bits per heavy atom. The maximum atomic E-state index is 12.1. The van der Waals surface area contributed by atoms with E-state index in [1.807, 2.05) is 6.92 Å². The summed E-state index contributed by atoms with van der Waals surface area (Å²) in [6.45, 7) is 1.82. The van der Waals surface area contributed by atoms with Gasteiger partial charge < -0.3 is 5.11 Å². The first-order valence-corrected chi connectivity index (χ1v) is 8.60. The van der Waals surface area contributed by atoms with Crippen LogP contribution in [-0.2, 0) is 16.6 Å². The van der Waals surface area contributed by atoms with Crippen LogP contribution in [0, 0.1) is 5.92 Å². The molecule has 0 saturated heterocycles. The van der Waals surface area contributed by atoms with E-state index in [9.17, 15) is 8.42 Å². The standard InChI is InChI=1S/C12H19NO3S2/c1-9(11-4-2-3-5-11)13-18(15,16)12-6-10(7-14)8-17-12/h6,8-9,11,13-14H,2-5,7H2,1H3. The van der Waals surface area contributed by atoms with Gasteiger partial charge in [-0.05, 0) is 42.7 Å². The zero-order chi connectivity index (χ0) is 13.2. The Kier molecular flexibility index (Phi) is 4.42. The minimum absolute atomic E-state index is 0.0165. The molecule has 6 heteroatoms. The van der Waals surface area contributed by atoms with Crippen LogP contribution in [0.2, 0.25) is 0 Å². The summed E-state index contributed by atoms with van der Waals surface area (Å²) in [7, 11) is -3.43. The highest BCUT2D eigenvalue weighted by Gasteiger charge is 2.26. The van der Waals surface area contributed by atoms with Gasteiger partial charge in [-0.25, -0.2) is 13.1 Å². The molecular formula is C12H19NO3S2. The molecule has 0 bridgehead atoms. The van der Waals surface area contributed by atoms with Crippen LogP contribution in [0.5, 0.6) is 0 Å². The second-order valence-electron chi connectivity index (χ2n) is 4.89. The second-order valence-corrected chi connectivity index (χ2v) is 7.74. The van der Waals surface area contributed by atoms with Crippen molar-refractivity contribution in [2.75, 3.05) is 0 Å². The third-order valence-corrected chi connectivity index (χ3v) is 6.57. The zero-order valence-corrected chi connectivity index (χ0v) is 12.1. The van der Waals surface area contributed by atoms with Crippen LogP contribution >= 0.6 is 11.3 Å². The molecule has 1 atom stereocenters. The highest BCUT2D eigenvalue weighted by molar-refractivity contribution is 7.91. The summed E-state index contributed by atoms with van der Waals surface area (Å²) < 4.78 is 27.3. The Bertz CT molecular complexity index is 489. The van der Waals surface area contributed by atoms with Gasteiger partial charge in [0.2, 0.25) is 10.0 Å². The number of hydrogen-bond acceptors (Lipinski definition) is 4. The lowest BCUT2D eigenvalue weighted by atomic mass is 10.0. The van der Waals surface area contributed by atoms with E-state index in [0.29, 0.717) is 11.5 Å². The molecule has 1 heterocycles. The SMILES string of the molecule is CC(NS(=O)(=O)c1cc(CO)cs1)C1CCCC1. The lowest BCUT2D eigenvalue weighted by Crippen LogP contribution is -2.36. The van der Waals surface area contributed by atoms with Crippen molar-refractivity contribution in [3.8, 4) is 0 Å². The van der Waals surface area contributed by atoms with Crippen molar-refractivity contribution in [3.63, 3.8) is 0 Å². The lowest BCUT2D eigenvalue weighted by molar-refractivity contribution is 0.282. The fourth-order valence-electron chi connectivity index (χ4n) is 2.43. The topological polar surface area (TPSA) is 66.4 Å². The van der Waals surface area contributed by atoms with Gasteiger partial charge in [-0.1, -0.05) is 12.8 Å². The van der Waals surface area contributed by atoms with Gasteiger partial charge in [-0.15, -0.1) is 11.3 Å².